The molecule has 0 radical (unpaired) electrons. The van der Waals surface area contributed by atoms with E-state index in [2.05, 4.69) is 4.72 Å². The maximum Gasteiger partial charge on any atom is 0.308 e. The molecular weight excluding hydrogens is 425 g/mol. The first kappa shape index (κ1) is 20.8. The molecule has 0 saturated carbocycles. The lowest BCUT2D eigenvalue weighted by molar-refractivity contribution is -0.142. The number of ketones is 1. The van der Waals surface area contributed by atoms with Gasteiger partial charge in [0.1, 0.15) is 5.82 Å². The second-order valence-electron chi connectivity index (χ2n) is 6.26. The molecule has 0 aliphatic carbocycles. The fourth-order valence-corrected chi connectivity index (χ4v) is 3.93. The molecule has 1 aliphatic heterocycles. The first-order valence-electron chi connectivity index (χ1n) is 8.24. The number of esters is 1. The Bertz CT molecular complexity index is 1130. The molecule has 3 rings (SSSR count). The van der Waals surface area contributed by atoms with Gasteiger partial charge in [-0.3, -0.25) is 9.59 Å². The average molecular weight is 440 g/mol. The molecule has 2 aromatic carbocycles. The van der Waals surface area contributed by atoms with Crippen molar-refractivity contribution in [2.45, 2.75) is 24.3 Å². The number of sulfonamides is 1. The fraction of sp³-hybridized carbons (Fsp3) is 0.158. The Balaban J connectivity index is 2.06. The number of carbonyl (C=O) groups is 2. The maximum atomic E-state index is 14.4. The Morgan fingerprint density at radius 1 is 1.21 bits per heavy atom. The van der Waals surface area contributed by atoms with Crippen molar-refractivity contribution in [2.75, 3.05) is 0 Å². The van der Waals surface area contributed by atoms with Crippen LogP contribution in [0.1, 0.15) is 19.4 Å². The van der Waals surface area contributed by atoms with Crippen molar-refractivity contribution >= 4 is 33.4 Å². The highest BCUT2D eigenvalue weighted by atomic mass is 35.5. The lowest BCUT2D eigenvalue weighted by Gasteiger charge is -2.24. The van der Waals surface area contributed by atoms with Gasteiger partial charge in [0.05, 0.1) is 4.90 Å². The largest absolute Gasteiger partial charge is 0.456 e. The Labute approximate surface area is 171 Å². The van der Waals surface area contributed by atoms with E-state index in [0.717, 1.165) is 13.0 Å². The van der Waals surface area contributed by atoms with Gasteiger partial charge in [-0.15, -0.1) is 0 Å². The van der Waals surface area contributed by atoms with Crippen LogP contribution in [0.4, 0.5) is 4.39 Å². The molecule has 2 aromatic rings. The summed E-state index contributed by atoms with van der Waals surface area (Å²) >= 11 is 5.90. The number of carbonyl (C=O) groups excluding carboxylic acids is 2. The summed E-state index contributed by atoms with van der Waals surface area (Å²) in [5, 5.41) is 0.131. The zero-order chi connectivity index (χ0) is 21.4. The fourth-order valence-electron chi connectivity index (χ4n) is 2.74. The van der Waals surface area contributed by atoms with Gasteiger partial charge < -0.3 is 9.47 Å². The van der Waals surface area contributed by atoms with Gasteiger partial charge in [0.15, 0.2) is 0 Å². The molecular formula is C19H15ClFNO6S. The summed E-state index contributed by atoms with van der Waals surface area (Å²) in [6.07, 6.45) is 0. The third-order valence-corrected chi connectivity index (χ3v) is 5.70. The van der Waals surface area contributed by atoms with E-state index in [1.807, 2.05) is 0 Å². The van der Waals surface area contributed by atoms with Gasteiger partial charge in [0, 0.05) is 17.5 Å². The molecule has 7 nitrogen and oxygen atoms in total. The number of Topliss-reactive ketones (excluding diaryl/α,β-unsaturated/α-hetero) is 1. The second-order valence-corrected chi connectivity index (χ2v) is 8.38. The van der Waals surface area contributed by atoms with Gasteiger partial charge in [0.2, 0.25) is 11.4 Å². The van der Waals surface area contributed by atoms with E-state index in [1.54, 1.807) is 6.07 Å². The quantitative estimate of drug-likeness (QED) is 0.719. The van der Waals surface area contributed by atoms with Gasteiger partial charge in [-0.25, -0.2) is 17.5 Å². The summed E-state index contributed by atoms with van der Waals surface area (Å²) < 4.78 is 52.1. The maximum absolute atomic E-state index is 14.4. The van der Waals surface area contributed by atoms with Crippen LogP contribution >= 0.6 is 11.6 Å². The molecule has 1 heterocycles. The summed E-state index contributed by atoms with van der Waals surface area (Å²) in [5.41, 5.74) is -2.25. The van der Waals surface area contributed by atoms with E-state index in [0.29, 0.717) is 0 Å². The molecule has 1 N–H and O–H groups in total. The molecule has 0 amide bonds. The number of rotatable bonds is 5. The second kappa shape index (κ2) is 7.49. The van der Waals surface area contributed by atoms with Crippen molar-refractivity contribution in [1.29, 1.82) is 0 Å². The Kier molecular flexibility index (Phi) is 5.38. The highest BCUT2D eigenvalue weighted by Gasteiger charge is 2.51. The van der Waals surface area contributed by atoms with Crippen LogP contribution in [-0.4, -0.2) is 20.2 Å². The molecule has 1 unspecified atom stereocenters. The van der Waals surface area contributed by atoms with Crippen molar-refractivity contribution in [3.63, 3.8) is 0 Å². The summed E-state index contributed by atoms with van der Waals surface area (Å²) in [4.78, 5) is 24.3. The first-order chi connectivity index (χ1) is 13.5. The van der Waals surface area contributed by atoms with Gasteiger partial charge in [0.25, 0.3) is 21.7 Å². The van der Waals surface area contributed by atoms with E-state index in [-0.39, 0.29) is 15.5 Å². The monoisotopic (exact) mass is 439 g/mol. The summed E-state index contributed by atoms with van der Waals surface area (Å²) in [5.74, 6) is -3.95. The van der Waals surface area contributed by atoms with E-state index in [9.17, 15) is 22.4 Å². The zero-order valence-corrected chi connectivity index (χ0v) is 16.8. The highest BCUT2D eigenvalue weighted by Crippen LogP contribution is 2.40. The Morgan fingerprint density at radius 2 is 1.86 bits per heavy atom. The summed E-state index contributed by atoms with van der Waals surface area (Å²) in [6.45, 7) is 2.25. The normalized spacial score (nSPS) is 19.1. The molecule has 0 aromatic heterocycles. The van der Waals surface area contributed by atoms with Gasteiger partial charge >= 0.3 is 5.97 Å². The standard InChI is InChI=1S/C19H15ClFNO6S/c1-11(23)27-16-17(24)19(2,14-10-12(20)8-9-15(14)21)28-18(16)22-29(25,26)13-6-4-3-5-7-13/h3-10,22H,1-2H3. The number of ether oxygens (including phenoxy) is 2. The van der Waals surface area contributed by atoms with Crippen LogP contribution in [0.3, 0.4) is 0 Å². The van der Waals surface area contributed by atoms with E-state index < -0.39 is 44.8 Å². The predicted octanol–water partition coefficient (Wildman–Crippen LogP) is 3.00. The molecule has 10 heteroatoms. The highest BCUT2D eigenvalue weighted by molar-refractivity contribution is 7.89. The van der Waals surface area contributed by atoms with Gasteiger partial charge in [-0.2, -0.15) is 0 Å². The number of halogens is 2. The van der Waals surface area contributed by atoms with E-state index in [4.69, 9.17) is 21.1 Å². The topological polar surface area (TPSA) is 98.8 Å². The van der Waals surface area contributed by atoms with Crippen LogP contribution in [0, 0.1) is 5.82 Å². The lowest BCUT2D eigenvalue weighted by atomic mass is 9.91. The minimum absolute atomic E-state index is 0.117. The van der Waals surface area contributed by atoms with Gasteiger partial charge in [-0.05, 0) is 37.3 Å². The lowest BCUT2D eigenvalue weighted by Crippen LogP contribution is -2.33. The van der Waals surface area contributed by atoms with Crippen LogP contribution in [0.25, 0.3) is 0 Å². The van der Waals surface area contributed by atoms with Crippen LogP contribution < -0.4 is 4.72 Å². The number of hydrogen-bond donors (Lipinski definition) is 1. The molecule has 29 heavy (non-hydrogen) atoms. The van der Waals surface area contributed by atoms with Gasteiger partial charge in [-0.1, -0.05) is 29.8 Å². The first-order valence-corrected chi connectivity index (χ1v) is 10.1. The summed E-state index contributed by atoms with van der Waals surface area (Å²) in [6, 6.07) is 10.8. The SMILES string of the molecule is CC(=O)OC1=C(NS(=O)(=O)c2ccccc2)OC(C)(c2cc(Cl)ccc2F)C1=O. The molecule has 1 aliphatic rings. The molecule has 0 bridgehead atoms. The average Bonchev–Trinajstić information content (AvgIpc) is 2.88. The number of benzene rings is 2. The minimum atomic E-state index is -4.18. The third kappa shape index (κ3) is 3.96. The third-order valence-electron chi connectivity index (χ3n) is 4.12. The van der Waals surface area contributed by atoms with E-state index >= 15 is 0 Å². The molecule has 152 valence electrons. The molecule has 0 spiro atoms. The molecule has 1 atom stereocenters. The van der Waals surface area contributed by atoms with Crippen molar-refractivity contribution < 1.29 is 31.9 Å². The Morgan fingerprint density at radius 3 is 2.48 bits per heavy atom. The summed E-state index contributed by atoms with van der Waals surface area (Å²) in [7, 11) is -4.18. The number of hydrogen-bond acceptors (Lipinski definition) is 6. The zero-order valence-electron chi connectivity index (χ0n) is 15.2. The van der Waals surface area contributed by atoms with Crippen molar-refractivity contribution in [3.8, 4) is 0 Å². The van der Waals surface area contributed by atoms with Crippen LogP contribution in [-0.2, 0) is 34.7 Å². The van der Waals surface area contributed by atoms with Crippen LogP contribution in [0.2, 0.25) is 5.02 Å². The molecule has 0 saturated heterocycles. The van der Waals surface area contributed by atoms with Crippen molar-refractivity contribution in [2.24, 2.45) is 0 Å². The smallest absolute Gasteiger partial charge is 0.308 e. The van der Waals surface area contributed by atoms with Crippen LogP contribution in [0.15, 0.2) is 65.1 Å². The minimum Gasteiger partial charge on any atom is -0.456 e. The Hall–Kier alpha value is -2.91. The van der Waals surface area contributed by atoms with Crippen molar-refractivity contribution in [1.82, 2.24) is 4.72 Å². The van der Waals surface area contributed by atoms with Crippen molar-refractivity contribution in [3.05, 3.63) is 76.6 Å². The van der Waals surface area contributed by atoms with Crippen LogP contribution in [0.5, 0.6) is 0 Å². The number of nitrogens with one attached hydrogen (secondary N) is 1. The van der Waals surface area contributed by atoms with E-state index in [1.165, 1.54) is 43.3 Å². The molecule has 0 fully saturated rings. The predicted molar refractivity (Wildman–Crippen MR) is 100 cm³/mol.